The fraction of sp³-hybridized carbons (Fsp3) is 0.611. The molecular formula is C18H28N2O3. The molecule has 0 spiro atoms. The van der Waals surface area contributed by atoms with E-state index in [1.165, 1.54) is 12.8 Å². The molecule has 3 N–H and O–H groups in total. The molecule has 0 saturated heterocycles. The van der Waals surface area contributed by atoms with Gasteiger partial charge in [-0.05, 0) is 18.4 Å². The Kier molecular flexibility index (Phi) is 6.86. The highest BCUT2D eigenvalue weighted by Crippen LogP contribution is 2.26. The Morgan fingerprint density at radius 1 is 1.22 bits per heavy atom. The Hall–Kier alpha value is -1.59. The van der Waals surface area contributed by atoms with Crippen LogP contribution in [0.3, 0.4) is 0 Å². The van der Waals surface area contributed by atoms with Crippen LogP contribution in [0.4, 0.5) is 4.79 Å². The molecule has 5 nitrogen and oxygen atoms in total. The van der Waals surface area contributed by atoms with Crippen LogP contribution in [0.5, 0.6) is 0 Å². The van der Waals surface area contributed by atoms with E-state index in [9.17, 15) is 9.90 Å². The van der Waals surface area contributed by atoms with Gasteiger partial charge in [-0.2, -0.15) is 0 Å². The van der Waals surface area contributed by atoms with Gasteiger partial charge in [-0.1, -0.05) is 56.0 Å². The third kappa shape index (κ3) is 5.84. The Bertz CT molecular complexity index is 470. The quantitative estimate of drug-likeness (QED) is 0.706. The Balaban J connectivity index is 1.86. The summed E-state index contributed by atoms with van der Waals surface area (Å²) in [5.41, 5.74) is 0.231. The molecule has 1 aliphatic rings. The van der Waals surface area contributed by atoms with E-state index >= 15 is 0 Å². The molecule has 1 fully saturated rings. The fourth-order valence-electron chi connectivity index (χ4n) is 3.09. The zero-order chi connectivity index (χ0) is 16.5. The molecule has 128 valence electrons. The van der Waals surface area contributed by atoms with Crippen LogP contribution in [-0.4, -0.2) is 37.0 Å². The normalized spacial score (nSPS) is 18.7. The second-order valence-corrected chi connectivity index (χ2v) is 6.38. The van der Waals surface area contributed by atoms with E-state index in [0.717, 1.165) is 31.2 Å². The van der Waals surface area contributed by atoms with Crippen molar-refractivity contribution in [3.63, 3.8) is 0 Å². The summed E-state index contributed by atoms with van der Waals surface area (Å²) in [6.07, 6.45) is 5.89. The second-order valence-electron chi connectivity index (χ2n) is 6.38. The minimum atomic E-state index is -0.767. The van der Waals surface area contributed by atoms with Crippen LogP contribution in [0.25, 0.3) is 0 Å². The number of rotatable bonds is 6. The van der Waals surface area contributed by atoms with Crippen LogP contribution in [0.1, 0.15) is 50.1 Å². The van der Waals surface area contributed by atoms with Gasteiger partial charge in [-0.25, -0.2) is 4.79 Å². The van der Waals surface area contributed by atoms with Crippen molar-refractivity contribution in [2.24, 2.45) is 0 Å². The Morgan fingerprint density at radius 3 is 2.48 bits per heavy atom. The lowest BCUT2D eigenvalue weighted by Crippen LogP contribution is -2.47. The topological polar surface area (TPSA) is 70.6 Å². The van der Waals surface area contributed by atoms with Gasteiger partial charge < -0.3 is 20.5 Å². The summed E-state index contributed by atoms with van der Waals surface area (Å²) in [4.78, 5) is 12.2. The lowest BCUT2D eigenvalue weighted by Gasteiger charge is -2.27. The molecule has 1 atom stereocenters. The van der Waals surface area contributed by atoms with Crippen LogP contribution in [0, 0.1) is 0 Å². The number of benzene rings is 1. The maximum atomic E-state index is 12.2. The zero-order valence-electron chi connectivity index (χ0n) is 13.9. The summed E-state index contributed by atoms with van der Waals surface area (Å²) in [6, 6.07) is 9.26. The summed E-state index contributed by atoms with van der Waals surface area (Å²) in [5, 5.41) is 16.3. The molecule has 0 aliphatic heterocycles. The van der Waals surface area contributed by atoms with Crippen LogP contribution in [0.2, 0.25) is 0 Å². The fourth-order valence-corrected chi connectivity index (χ4v) is 3.09. The predicted molar refractivity (Wildman–Crippen MR) is 90.2 cm³/mol. The van der Waals surface area contributed by atoms with Crippen LogP contribution < -0.4 is 10.6 Å². The molecule has 2 amide bonds. The first kappa shape index (κ1) is 17.8. The molecule has 1 saturated carbocycles. The number of nitrogens with one attached hydrogen (secondary N) is 2. The highest BCUT2D eigenvalue weighted by molar-refractivity contribution is 5.74. The summed E-state index contributed by atoms with van der Waals surface area (Å²) < 4.78 is 5.20. The average Bonchev–Trinajstić information content (AvgIpc) is 2.79. The first-order valence-electron chi connectivity index (χ1n) is 8.44. The molecule has 2 rings (SSSR count). The number of amides is 2. The van der Waals surface area contributed by atoms with Crippen molar-refractivity contribution in [3.05, 3.63) is 35.9 Å². The van der Waals surface area contributed by atoms with E-state index in [2.05, 4.69) is 10.6 Å². The van der Waals surface area contributed by atoms with Gasteiger partial charge in [-0.15, -0.1) is 0 Å². The van der Waals surface area contributed by atoms with Gasteiger partial charge in [-0.3, -0.25) is 0 Å². The SMILES string of the molecule is COCC(NC(=O)NCC1(O)CCCCCC1)c1ccccc1. The van der Waals surface area contributed by atoms with Gasteiger partial charge >= 0.3 is 6.03 Å². The van der Waals surface area contributed by atoms with Gasteiger partial charge in [0.05, 0.1) is 18.2 Å². The van der Waals surface area contributed by atoms with E-state index in [1.807, 2.05) is 30.3 Å². The third-order valence-corrected chi connectivity index (χ3v) is 4.45. The number of carbonyl (C=O) groups excluding carboxylic acids is 1. The summed E-state index contributed by atoms with van der Waals surface area (Å²) in [7, 11) is 1.61. The van der Waals surface area contributed by atoms with E-state index in [-0.39, 0.29) is 12.1 Å². The number of hydrogen-bond acceptors (Lipinski definition) is 3. The van der Waals surface area contributed by atoms with Crippen molar-refractivity contribution in [1.29, 1.82) is 0 Å². The van der Waals surface area contributed by atoms with Crippen molar-refractivity contribution in [2.75, 3.05) is 20.3 Å². The molecule has 0 bridgehead atoms. The maximum Gasteiger partial charge on any atom is 0.315 e. The average molecular weight is 320 g/mol. The molecule has 1 aromatic carbocycles. The number of methoxy groups -OCH3 is 1. The highest BCUT2D eigenvalue weighted by atomic mass is 16.5. The van der Waals surface area contributed by atoms with E-state index in [4.69, 9.17) is 4.74 Å². The van der Waals surface area contributed by atoms with Crippen LogP contribution in [-0.2, 0) is 4.74 Å². The molecule has 1 aliphatic carbocycles. The molecule has 23 heavy (non-hydrogen) atoms. The van der Waals surface area contributed by atoms with E-state index in [1.54, 1.807) is 7.11 Å². The Labute approximate surface area is 138 Å². The van der Waals surface area contributed by atoms with Crippen molar-refractivity contribution in [1.82, 2.24) is 10.6 Å². The summed E-state index contributed by atoms with van der Waals surface area (Å²) in [6.45, 7) is 0.703. The summed E-state index contributed by atoms with van der Waals surface area (Å²) in [5.74, 6) is 0. The molecule has 1 aromatic rings. The largest absolute Gasteiger partial charge is 0.388 e. The number of urea groups is 1. The molecular weight excluding hydrogens is 292 g/mol. The summed E-state index contributed by atoms with van der Waals surface area (Å²) >= 11 is 0. The maximum absolute atomic E-state index is 12.2. The molecule has 1 unspecified atom stereocenters. The van der Waals surface area contributed by atoms with E-state index in [0.29, 0.717) is 13.2 Å². The third-order valence-electron chi connectivity index (χ3n) is 4.45. The van der Waals surface area contributed by atoms with Crippen molar-refractivity contribution in [3.8, 4) is 0 Å². The predicted octanol–water partition coefficient (Wildman–Crippen LogP) is 2.76. The Morgan fingerprint density at radius 2 is 1.87 bits per heavy atom. The second kappa shape index (κ2) is 8.89. The standard InChI is InChI=1S/C18H28N2O3/c1-23-13-16(15-9-5-4-6-10-15)20-17(21)19-14-18(22)11-7-2-3-8-12-18/h4-6,9-10,16,22H,2-3,7-8,11-14H2,1H3,(H2,19,20,21). The van der Waals surface area contributed by atoms with Crippen molar-refractivity contribution >= 4 is 6.03 Å². The van der Waals surface area contributed by atoms with E-state index < -0.39 is 5.60 Å². The number of hydrogen-bond donors (Lipinski definition) is 3. The van der Waals surface area contributed by atoms with Crippen LogP contribution in [0.15, 0.2) is 30.3 Å². The van der Waals surface area contributed by atoms with Crippen molar-refractivity contribution in [2.45, 2.75) is 50.2 Å². The minimum absolute atomic E-state index is 0.204. The van der Waals surface area contributed by atoms with Gasteiger partial charge in [0.1, 0.15) is 0 Å². The molecule has 5 heteroatoms. The first-order valence-corrected chi connectivity index (χ1v) is 8.44. The monoisotopic (exact) mass is 320 g/mol. The van der Waals surface area contributed by atoms with Gasteiger partial charge in [0, 0.05) is 13.7 Å². The van der Waals surface area contributed by atoms with Crippen molar-refractivity contribution < 1.29 is 14.6 Å². The highest BCUT2D eigenvalue weighted by Gasteiger charge is 2.28. The number of carbonyl (C=O) groups is 1. The molecule has 0 aromatic heterocycles. The number of ether oxygens (including phenoxy) is 1. The van der Waals surface area contributed by atoms with Gasteiger partial charge in [0.15, 0.2) is 0 Å². The number of aliphatic hydroxyl groups is 1. The van der Waals surface area contributed by atoms with Crippen LogP contribution >= 0.6 is 0 Å². The molecule has 0 heterocycles. The zero-order valence-corrected chi connectivity index (χ0v) is 13.9. The van der Waals surface area contributed by atoms with Gasteiger partial charge in [0.2, 0.25) is 0 Å². The minimum Gasteiger partial charge on any atom is -0.388 e. The molecule has 0 radical (unpaired) electrons. The lowest BCUT2D eigenvalue weighted by atomic mass is 9.94. The lowest BCUT2D eigenvalue weighted by molar-refractivity contribution is 0.0275. The first-order chi connectivity index (χ1) is 11.1. The smallest absolute Gasteiger partial charge is 0.315 e. The van der Waals surface area contributed by atoms with Gasteiger partial charge in [0.25, 0.3) is 0 Å².